The van der Waals surface area contributed by atoms with Crippen molar-refractivity contribution < 1.29 is 9.18 Å². The average Bonchev–Trinajstić information content (AvgIpc) is 2.70. The van der Waals surface area contributed by atoms with Gasteiger partial charge in [0.15, 0.2) is 0 Å². The first-order valence-corrected chi connectivity index (χ1v) is 7.99. The standard InChI is InChI=1S/C15H8FI2NO/c16-14-8(2-1-3-12(14)18)6-11-10-5-4-9(17)7-13(10)19-15(11)20/h1-7H,(H,19,20). The molecule has 2 aromatic rings. The monoisotopic (exact) mass is 491 g/mol. The predicted octanol–water partition coefficient (Wildman–Crippen LogP) is 4.53. The van der Waals surface area contributed by atoms with Crippen molar-refractivity contribution in [2.75, 3.05) is 5.32 Å². The third kappa shape index (κ3) is 2.48. The lowest BCUT2D eigenvalue weighted by molar-refractivity contribution is -0.110. The highest BCUT2D eigenvalue weighted by atomic mass is 127. The molecular formula is C15H8FI2NO. The molecule has 1 aliphatic heterocycles. The van der Waals surface area contributed by atoms with Crippen molar-refractivity contribution in [3.63, 3.8) is 0 Å². The van der Waals surface area contributed by atoms with Gasteiger partial charge < -0.3 is 5.32 Å². The van der Waals surface area contributed by atoms with Gasteiger partial charge in [-0.05, 0) is 69.5 Å². The summed E-state index contributed by atoms with van der Waals surface area (Å²) in [6, 6.07) is 10.9. The Morgan fingerprint density at radius 2 is 1.95 bits per heavy atom. The minimum absolute atomic E-state index is 0.194. The van der Waals surface area contributed by atoms with E-state index < -0.39 is 0 Å². The minimum Gasteiger partial charge on any atom is -0.321 e. The van der Waals surface area contributed by atoms with Crippen LogP contribution in [-0.2, 0) is 4.79 Å². The van der Waals surface area contributed by atoms with Crippen molar-refractivity contribution in [1.29, 1.82) is 0 Å². The van der Waals surface area contributed by atoms with Crippen LogP contribution < -0.4 is 5.32 Å². The molecule has 1 amide bonds. The molecule has 1 heterocycles. The SMILES string of the molecule is O=C1Nc2cc(I)ccc2C1=Cc1cccc(I)c1F. The fraction of sp³-hybridized carbons (Fsp3) is 0. The molecule has 0 aliphatic carbocycles. The Morgan fingerprint density at radius 1 is 1.15 bits per heavy atom. The van der Waals surface area contributed by atoms with Gasteiger partial charge in [0.2, 0.25) is 0 Å². The Hall–Kier alpha value is -0.960. The second-order valence-corrected chi connectivity index (χ2v) is 6.75. The third-order valence-electron chi connectivity index (χ3n) is 3.05. The number of carbonyl (C=O) groups excluding carboxylic acids is 1. The Labute approximate surface area is 142 Å². The van der Waals surface area contributed by atoms with Gasteiger partial charge in [0.05, 0.1) is 5.69 Å². The van der Waals surface area contributed by atoms with Crippen molar-refractivity contribution in [2.45, 2.75) is 0 Å². The summed E-state index contributed by atoms with van der Waals surface area (Å²) < 4.78 is 15.6. The maximum absolute atomic E-state index is 14.0. The topological polar surface area (TPSA) is 29.1 Å². The van der Waals surface area contributed by atoms with E-state index in [-0.39, 0.29) is 11.7 Å². The number of carbonyl (C=O) groups is 1. The van der Waals surface area contributed by atoms with Crippen molar-refractivity contribution in [2.24, 2.45) is 0 Å². The van der Waals surface area contributed by atoms with Crippen LogP contribution in [0.15, 0.2) is 36.4 Å². The van der Waals surface area contributed by atoms with Crippen LogP contribution in [0.3, 0.4) is 0 Å². The number of hydrogen-bond acceptors (Lipinski definition) is 1. The number of rotatable bonds is 1. The number of benzene rings is 2. The molecule has 1 aliphatic rings. The molecule has 0 saturated heterocycles. The molecule has 0 spiro atoms. The fourth-order valence-electron chi connectivity index (χ4n) is 2.10. The Bertz CT molecular complexity index is 756. The molecule has 0 aromatic heterocycles. The molecule has 0 saturated carbocycles. The molecule has 1 N–H and O–H groups in total. The lowest BCUT2D eigenvalue weighted by Gasteiger charge is -2.02. The van der Waals surface area contributed by atoms with E-state index in [1.54, 1.807) is 24.3 Å². The van der Waals surface area contributed by atoms with Crippen molar-refractivity contribution in [1.82, 2.24) is 0 Å². The number of amides is 1. The van der Waals surface area contributed by atoms with Crippen LogP contribution in [0.25, 0.3) is 11.6 Å². The maximum Gasteiger partial charge on any atom is 0.256 e. The molecule has 0 fully saturated rings. The van der Waals surface area contributed by atoms with Gasteiger partial charge in [0.25, 0.3) is 5.91 Å². The first-order chi connectivity index (χ1) is 9.56. The molecule has 0 bridgehead atoms. The van der Waals surface area contributed by atoms with Gasteiger partial charge in [0.1, 0.15) is 5.82 Å². The highest BCUT2D eigenvalue weighted by Gasteiger charge is 2.24. The van der Waals surface area contributed by atoms with E-state index >= 15 is 0 Å². The molecule has 5 heteroatoms. The zero-order valence-corrected chi connectivity index (χ0v) is 14.4. The molecule has 0 atom stereocenters. The summed E-state index contributed by atoms with van der Waals surface area (Å²) in [4.78, 5) is 12.0. The highest BCUT2D eigenvalue weighted by molar-refractivity contribution is 14.1. The Morgan fingerprint density at radius 3 is 2.75 bits per heavy atom. The largest absolute Gasteiger partial charge is 0.321 e. The smallest absolute Gasteiger partial charge is 0.256 e. The van der Waals surface area contributed by atoms with Crippen LogP contribution in [0.2, 0.25) is 0 Å². The summed E-state index contributed by atoms with van der Waals surface area (Å²) in [5.41, 5.74) is 2.51. The van der Waals surface area contributed by atoms with Crippen LogP contribution in [0.5, 0.6) is 0 Å². The predicted molar refractivity (Wildman–Crippen MR) is 94.8 cm³/mol. The van der Waals surface area contributed by atoms with Gasteiger partial charge in [-0.1, -0.05) is 18.2 Å². The van der Waals surface area contributed by atoms with Crippen molar-refractivity contribution in [3.8, 4) is 0 Å². The van der Waals surface area contributed by atoms with Gasteiger partial charge in [-0.3, -0.25) is 4.79 Å². The summed E-state index contributed by atoms with van der Waals surface area (Å²) in [5.74, 6) is -0.493. The maximum atomic E-state index is 14.0. The van der Waals surface area contributed by atoms with Crippen LogP contribution in [0.4, 0.5) is 10.1 Å². The Balaban J connectivity index is 2.14. The average molecular weight is 491 g/mol. The van der Waals surface area contributed by atoms with Crippen LogP contribution >= 0.6 is 45.2 Å². The molecular weight excluding hydrogens is 483 g/mol. The second kappa shape index (κ2) is 5.44. The van der Waals surface area contributed by atoms with Crippen LogP contribution in [0.1, 0.15) is 11.1 Å². The zero-order chi connectivity index (χ0) is 14.3. The molecule has 100 valence electrons. The number of halogens is 3. The number of nitrogens with one attached hydrogen (secondary N) is 1. The van der Waals surface area contributed by atoms with Gasteiger partial charge in [-0.25, -0.2) is 4.39 Å². The van der Waals surface area contributed by atoms with E-state index in [4.69, 9.17) is 0 Å². The molecule has 2 aromatic carbocycles. The molecule has 0 radical (unpaired) electrons. The van der Waals surface area contributed by atoms with Crippen molar-refractivity contribution in [3.05, 3.63) is 60.5 Å². The highest BCUT2D eigenvalue weighted by Crippen LogP contribution is 2.34. The minimum atomic E-state index is -0.299. The van der Waals surface area contributed by atoms with E-state index in [0.29, 0.717) is 14.7 Å². The van der Waals surface area contributed by atoms with Crippen LogP contribution in [0, 0.1) is 13.0 Å². The molecule has 2 nitrogen and oxygen atoms in total. The lowest BCUT2D eigenvalue weighted by Crippen LogP contribution is -2.03. The van der Waals surface area contributed by atoms with Gasteiger partial charge in [-0.15, -0.1) is 0 Å². The molecule has 20 heavy (non-hydrogen) atoms. The second-order valence-electron chi connectivity index (χ2n) is 4.35. The number of fused-ring (bicyclic) bond motifs is 1. The van der Waals surface area contributed by atoms with Gasteiger partial charge in [-0.2, -0.15) is 0 Å². The summed E-state index contributed by atoms with van der Waals surface area (Å²) in [7, 11) is 0. The quantitative estimate of drug-likeness (QED) is 0.462. The van der Waals surface area contributed by atoms with E-state index in [2.05, 4.69) is 27.9 Å². The van der Waals surface area contributed by atoms with E-state index in [1.165, 1.54) is 0 Å². The molecule has 0 unspecified atom stereocenters. The summed E-state index contributed by atoms with van der Waals surface area (Å²) in [5, 5.41) is 2.81. The van der Waals surface area contributed by atoms with Gasteiger partial charge in [0, 0.05) is 23.8 Å². The van der Waals surface area contributed by atoms with E-state index in [0.717, 1.165) is 14.8 Å². The fourth-order valence-corrected chi connectivity index (χ4v) is 3.11. The van der Waals surface area contributed by atoms with Gasteiger partial charge >= 0.3 is 0 Å². The summed E-state index contributed by atoms with van der Waals surface area (Å²) in [6.45, 7) is 0. The lowest BCUT2D eigenvalue weighted by atomic mass is 10.0. The van der Waals surface area contributed by atoms with Crippen molar-refractivity contribution >= 4 is 68.4 Å². The van der Waals surface area contributed by atoms with E-state index in [1.807, 2.05) is 40.8 Å². The van der Waals surface area contributed by atoms with E-state index in [9.17, 15) is 9.18 Å². The summed E-state index contributed by atoms with van der Waals surface area (Å²) >= 11 is 4.13. The third-order valence-corrected chi connectivity index (χ3v) is 4.55. The number of anilines is 1. The summed E-state index contributed by atoms with van der Waals surface area (Å²) in [6.07, 6.45) is 1.60. The first-order valence-electron chi connectivity index (χ1n) is 5.83. The normalized spacial score (nSPS) is 15.3. The first kappa shape index (κ1) is 14.0. The Kier molecular flexibility index (Phi) is 3.80. The van der Waals surface area contributed by atoms with Crippen LogP contribution in [-0.4, -0.2) is 5.91 Å². The number of hydrogen-bond donors (Lipinski definition) is 1. The molecule has 3 rings (SSSR count). The zero-order valence-electron chi connectivity index (χ0n) is 10.1.